The van der Waals surface area contributed by atoms with Gasteiger partial charge in [0.05, 0.1) is 6.61 Å². The van der Waals surface area contributed by atoms with Crippen molar-refractivity contribution in [1.29, 1.82) is 0 Å². The SMILES string of the molecule is CCOC(=O)c1nc(C(=O)N2CCC(C)(CC)CC2)cs1. The van der Waals surface area contributed by atoms with E-state index in [-0.39, 0.29) is 10.9 Å². The molecular weight excluding hydrogens is 288 g/mol. The summed E-state index contributed by atoms with van der Waals surface area (Å²) in [6.07, 6.45) is 3.17. The maximum Gasteiger partial charge on any atom is 0.367 e. The quantitative estimate of drug-likeness (QED) is 0.802. The van der Waals surface area contributed by atoms with E-state index in [4.69, 9.17) is 4.74 Å². The molecule has 2 rings (SSSR count). The van der Waals surface area contributed by atoms with Gasteiger partial charge in [0.1, 0.15) is 5.69 Å². The van der Waals surface area contributed by atoms with Gasteiger partial charge in [-0.3, -0.25) is 4.79 Å². The molecule has 0 unspecified atom stereocenters. The molecule has 1 aliphatic rings. The molecular formula is C15H22N2O3S. The molecule has 1 amide bonds. The molecule has 116 valence electrons. The Balaban J connectivity index is 2.00. The summed E-state index contributed by atoms with van der Waals surface area (Å²) >= 11 is 1.16. The Morgan fingerprint density at radius 1 is 1.38 bits per heavy atom. The number of carbonyl (C=O) groups excluding carboxylic acids is 2. The summed E-state index contributed by atoms with van der Waals surface area (Å²) in [5.74, 6) is -0.543. The Kier molecular flexibility index (Phi) is 4.98. The summed E-state index contributed by atoms with van der Waals surface area (Å²) in [5.41, 5.74) is 0.692. The van der Waals surface area contributed by atoms with Gasteiger partial charge in [0.25, 0.3) is 5.91 Å². The molecule has 0 N–H and O–H groups in total. The van der Waals surface area contributed by atoms with Crippen molar-refractivity contribution in [3.05, 3.63) is 16.1 Å². The second-order valence-corrected chi connectivity index (χ2v) is 6.57. The highest BCUT2D eigenvalue weighted by atomic mass is 32.1. The van der Waals surface area contributed by atoms with Gasteiger partial charge in [-0.25, -0.2) is 9.78 Å². The molecule has 0 atom stereocenters. The van der Waals surface area contributed by atoms with Crippen LogP contribution in [-0.4, -0.2) is 41.5 Å². The minimum atomic E-state index is -0.459. The molecule has 0 radical (unpaired) electrons. The first kappa shape index (κ1) is 15.9. The van der Waals surface area contributed by atoms with Crippen molar-refractivity contribution in [3.8, 4) is 0 Å². The third kappa shape index (κ3) is 3.61. The van der Waals surface area contributed by atoms with E-state index in [1.54, 1.807) is 12.3 Å². The first-order chi connectivity index (χ1) is 9.99. The van der Waals surface area contributed by atoms with E-state index in [1.165, 1.54) is 0 Å². The Bertz CT molecular complexity index is 519. The number of rotatable bonds is 4. The first-order valence-electron chi connectivity index (χ1n) is 7.41. The van der Waals surface area contributed by atoms with E-state index in [1.807, 2.05) is 4.90 Å². The lowest BCUT2D eigenvalue weighted by atomic mass is 9.78. The average molecular weight is 310 g/mol. The number of likely N-dealkylation sites (tertiary alicyclic amines) is 1. The summed E-state index contributed by atoms with van der Waals surface area (Å²) in [6, 6.07) is 0. The zero-order valence-electron chi connectivity index (χ0n) is 12.8. The molecule has 0 aliphatic carbocycles. The van der Waals surface area contributed by atoms with Crippen LogP contribution in [0.1, 0.15) is 60.3 Å². The molecule has 6 heteroatoms. The van der Waals surface area contributed by atoms with Crippen molar-refractivity contribution in [2.75, 3.05) is 19.7 Å². The Hall–Kier alpha value is -1.43. The van der Waals surface area contributed by atoms with E-state index in [0.29, 0.717) is 17.7 Å². The zero-order chi connectivity index (χ0) is 15.5. The molecule has 1 fully saturated rings. The van der Waals surface area contributed by atoms with Gasteiger partial charge >= 0.3 is 5.97 Å². The monoisotopic (exact) mass is 310 g/mol. The highest BCUT2D eigenvalue weighted by Gasteiger charge is 2.31. The number of esters is 1. The van der Waals surface area contributed by atoms with Crippen LogP contribution in [0.25, 0.3) is 0 Å². The van der Waals surface area contributed by atoms with Gasteiger partial charge in [0.15, 0.2) is 0 Å². The van der Waals surface area contributed by atoms with Crippen LogP contribution in [0.5, 0.6) is 0 Å². The summed E-state index contributed by atoms with van der Waals surface area (Å²) < 4.78 is 4.89. The summed E-state index contributed by atoms with van der Waals surface area (Å²) in [6.45, 7) is 8.05. The van der Waals surface area contributed by atoms with Crippen LogP contribution in [0.15, 0.2) is 5.38 Å². The number of ether oxygens (including phenoxy) is 1. The number of carbonyl (C=O) groups is 2. The lowest BCUT2D eigenvalue weighted by Gasteiger charge is -2.38. The molecule has 1 aromatic rings. The number of thiazole rings is 1. The maximum absolute atomic E-state index is 12.4. The van der Waals surface area contributed by atoms with Crippen molar-refractivity contribution in [3.63, 3.8) is 0 Å². The summed E-state index contributed by atoms with van der Waals surface area (Å²) in [5, 5.41) is 1.89. The topological polar surface area (TPSA) is 59.5 Å². The molecule has 1 aliphatic heterocycles. The number of piperidine rings is 1. The average Bonchev–Trinajstić information content (AvgIpc) is 2.97. The van der Waals surface area contributed by atoms with E-state index in [9.17, 15) is 9.59 Å². The van der Waals surface area contributed by atoms with Crippen molar-refractivity contribution in [2.45, 2.75) is 40.0 Å². The molecule has 0 saturated carbocycles. The number of hydrogen-bond acceptors (Lipinski definition) is 5. The Morgan fingerprint density at radius 2 is 2.05 bits per heavy atom. The minimum absolute atomic E-state index is 0.0834. The molecule has 1 saturated heterocycles. The van der Waals surface area contributed by atoms with Crippen molar-refractivity contribution in [1.82, 2.24) is 9.88 Å². The van der Waals surface area contributed by atoms with Crippen LogP contribution >= 0.6 is 11.3 Å². The smallest absolute Gasteiger partial charge is 0.367 e. The number of nitrogens with zero attached hydrogens (tertiary/aromatic N) is 2. The fraction of sp³-hybridized carbons (Fsp3) is 0.667. The summed E-state index contributed by atoms with van der Waals surface area (Å²) in [7, 11) is 0. The fourth-order valence-electron chi connectivity index (χ4n) is 2.42. The van der Waals surface area contributed by atoms with Crippen LogP contribution in [0.4, 0.5) is 0 Å². The predicted octanol–water partition coefficient (Wildman–Crippen LogP) is 2.97. The van der Waals surface area contributed by atoms with Crippen molar-refractivity contribution in [2.24, 2.45) is 5.41 Å². The fourth-order valence-corrected chi connectivity index (χ4v) is 3.11. The standard InChI is InChI=1S/C15H22N2O3S/c1-4-15(3)6-8-17(9-7-15)13(18)11-10-21-12(16-11)14(19)20-5-2/h10H,4-9H2,1-3H3. The number of aromatic nitrogens is 1. The third-order valence-electron chi connectivity index (χ3n) is 4.28. The van der Waals surface area contributed by atoms with E-state index < -0.39 is 5.97 Å². The Morgan fingerprint density at radius 3 is 2.62 bits per heavy atom. The van der Waals surface area contributed by atoms with Crippen LogP contribution in [-0.2, 0) is 4.74 Å². The van der Waals surface area contributed by atoms with Crippen LogP contribution in [0.2, 0.25) is 0 Å². The highest BCUT2D eigenvalue weighted by molar-refractivity contribution is 7.11. The zero-order valence-corrected chi connectivity index (χ0v) is 13.7. The maximum atomic E-state index is 12.4. The van der Waals surface area contributed by atoms with Gasteiger partial charge < -0.3 is 9.64 Å². The normalized spacial score (nSPS) is 17.6. The third-order valence-corrected chi connectivity index (χ3v) is 5.11. The molecule has 5 nitrogen and oxygen atoms in total. The molecule has 0 bridgehead atoms. The minimum Gasteiger partial charge on any atom is -0.461 e. The van der Waals surface area contributed by atoms with Gasteiger partial charge in [-0.05, 0) is 25.2 Å². The van der Waals surface area contributed by atoms with Crippen molar-refractivity contribution >= 4 is 23.2 Å². The lowest BCUT2D eigenvalue weighted by Crippen LogP contribution is -2.42. The van der Waals surface area contributed by atoms with Crippen LogP contribution in [0, 0.1) is 5.41 Å². The van der Waals surface area contributed by atoms with Gasteiger partial charge in [-0.15, -0.1) is 11.3 Å². The molecule has 0 spiro atoms. The van der Waals surface area contributed by atoms with E-state index in [0.717, 1.165) is 43.7 Å². The predicted molar refractivity (Wildman–Crippen MR) is 81.6 cm³/mol. The Labute approximate surface area is 129 Å². The van der Waals surface area contributed by atoms with Gasteiger partial charge in [-0.2, -0.15) is 0 Å². The number of amides is 1. The van der Waals surface area contributed by atoms with Crippen molar-refractivity contribution < 1.29 is 14.3 Å². The van der Waals surface area contributed by atoms with Crippen LogP contribution < -0.4 is 0 Å². The van der Waals surface area contributed by atoms with Gasteiger partial charge in [0, 0.05) is 18.5 Å². The molecule has 0 aromatic carbocycles. The number of hydrogen-bond donors (Lipinski definition) is 0. The largest absolute Gasteiger partial charge is 0.461 e. The second-order valence-electron chi connectivity index (χ2n) is 5.71. The lowest BCUT2D eigenvalue weighted by molar-refractivity contribution is 0.0525. The van der Waals surface area contributed by atoms with E-state index in [2.05, 4.69) is 18.8 Å². The second kappa shape index (κ2) is 6.56. The van der Waals surface area contributed by atoms with E-state index >= 15 is 0 Å². The molecule has 21 heavy (non-hydrogen) atoms. The first-order valence-corrected chi connectivity index (χ1v) is 8.29. The molecule has 2 heterocycles. The molecule has 1 aromatic heterocycles. The summed E-state index contributed by atoms with van der Waals surface area (Å²) in [4.78, 5) is 29.9. The highest BCUT2D eigenvalue weighted by Crippen LogP contribution is 2.34. The van der Waals surface area contributed by atoms with Gasteiger partial charge in [-0.1, -0.05) is 20.3 Å². The van der Waals surface area contributed by atoms with Crippen LogP contribution in [0.3, 0.4) is 0 Å². The van der Waals surface area contributed by atoms with Gasteiger partial charge in [0.2, 0.25) is 5.01 Å².